The molecule has 1 amide bonds. The molecule has 1 aromatic rings. The van der Waals surface area contributed by atoms with E-state index in [1.807, 2.05) is 12.1 Å². The average molecular weight is 419 g/mol. The van der Waals surface area contributed by atoms with Crippen molar-refractivity contribution in [3.63, 3.8) is 0 Å². The Labute approximate surface area is 180 Å². The summed E-state index contributed by atoms with van der Waals surface area (Å²) >= 11 is 6.52. The highest BCUT2D eigenvalue weighted by molar-refractivity contribution is 6.32. The second-order valence-corrected chi connectivity index (χ2v) is 10.9. The fourth-order valence-corrected chi connectivity index (χ4v) is 5.54. The fraction of sp³-hybridized carbons (Fsp3) is 0.708. The van der Waals surface area contributed by atoms with E-state index in [1.54, 1.807) is 6.07 Å². The number of halogens is 1. The average Bonchev–Trinajstić information content (AvgIpc) is 2.96. The predicted octanol–water partition coefficient (Wildman–Crippen LogP) is 5.24. The van der Waals surface area contributed by atoms with Gasteiger partial charge >= 0.3 is 0 Å². The van der Waals surface area contributed by atoms with Crippen molar-refractivity contribution in [2.45, 2.75) is 71.4 Å². The molecule has 160 valence electrons. The summed E-state index contributed by atoms with van der Waals surface area (Å²) in [5, 5.41) is 0.551. The van der Waals surface area contributed by atoms with Gasteiger partial charge in [0, 0.05) is 37.8 Å². The Balaban J connectivity index is 1.34. The highest BCUT2D eigenvalue weighted by Gasteiger charge is 2.38. The van der Waals surface area contributed by atoms with Crippen LogP contribution in [0.25, 0.3) is 0 Å². The number of carbonyl (C=O) groups is 1. The molecule has 3 aliphatic rings. The Morgan fingerprint density at radius 1 is 1.17 bits per heavy atom. The van der Waals surface area contributed by atoms with E-state index in [2.05, 4.69) is 30.6 Å². The summed E-state index contributed by atoms with van der Waals surface area (Å²) in [6.45, 7) is 11.0. The third kappa shape index (κ3) is 5.08. The Kier molecular flexibility index (Phi) is 6.13. The van der Waals surface area contributed by atoms with E-state index in [0.29, 0.717) is 33.7 Å². The third-order valence-electron chi connectivity index (χ3n) is 6.62. The maximum Gasteiger partial charge on any atom is 0.254 e. The van der Waals surface area contributed by atoms with Crippen LogP contribution in [0.2, 0.25) is 5.02 Å². The van der Waals surface area contributed by atoms with Crippen molar-refractivity contribution in [2.75, 3.05) is 26.2 Å². The Morgan fingerprint density at radius 3 is 2.59 bits per heavy atom. The van der Waals surface area contributed by atoms with E-state index >= 15 is 0 Å². The summed E-state index contributed by atoms with van der Waals surface area (Å²) in [6, 6.07) is 6.00. The molecule has 1 saturated carbocycles. The van der Waals surface area contributed by atoms with Crippen molar-refractivity contribution in [1.29, 1.82) is 0 Å². The number of rotatable bonds is 4. The first-order chi connectivity index (χ1) is 13.8. The lowest BCUT2D eigenvalue weighted by Crippen LogP contribution is -2.42. The Hall–Kier alpha value is -1.26. The first-order valence-electron chi connectivity index (χ1n) is 11.3. The quantitative estimate of drug-likeness (QED) is 0.669. The van der Waals surface area contributed by atoms with E-state index in [0.717, 1.165) is 45.4 Å². The van der Waals surface area contributed by atoms with Crippen LogP contribution in [-0.4, -0.2) is 54.0 Å². The molecule has 2 heterocycles. The lowest BCUT2D eigenvalue weighted by atomic mass is 9.90. The van der Waals surface area contributed by atoms with Crippen LogP contribution in [-0.2, 0) is 0 Å². The van der Waals surface area contributed by atoms with Gasteiger partial charge in [0.15, 0.2) is 0 Å². The summed E-state index contributed by atoms with van der Waals surface area (Å²) < 4.78 is 6.21. The van der Waals surface area contributed by atoms with Crippen molar-refractivity contribution in [2.24, 2.45) is 11.3 Å². The van der Waals surface area contributed by atoms with Gasteiger partial charge in [0.25, 0.3) is 5.91 Å². The van der Waals surface area contributed by atoms with Crippen LogP contribution in [0.3, 0.4) is 0 Å². The maximum atomic E-state index is 13.0. The molecule has 1 aliphatic carbocycles. The molecule has 5 heteroatoms. The van der Waals surface area contributed by atoms with Crippen LogP contribution in [0.1, 0.15) is 69.7 Å². The zero-order valence-corrected chi connectivity index (χ0v) is 18.9. The summed E-state index contributed by atoms with van der Waals surface area (Å²) in [7, 11) is 0. The summed E-state index contributed by atoms with van der Waals surface area (Å²) in [5.41, 5.74) is 1.02. The van der Waals surface area contributed by atoms with Crippen LogP contribution < -0.4 is 4.74 Å². The van der Waals surface area contributed by atoms with Crippen molar-refractivity contribution >= 4 is 17.5 Å². The monoisotopic (exact) mass is 418 g/mol. The summed E-state index contributed by atoms with van der Waals surface area (Å²) in [6.07, 6.45) is 7.07. The summed E-state index contributed by atoms with van der Waals surface area (Å²) in [4.78, 5) is 17.6. The van der Waals surface area contributed by atoms with Gasteiger partial charge in [-0.1, -0.05) is 38.8 Å². The smallest absolute Gasteiger partial charge is 0.254 e. The lowest BCUT2D eigenvalue weighted by Gasteiger charge is -2.36. The molecule has 29 heavy (non-hydrogen) atoms. The minimum Gasteiger partial charge on any atom is -0.489 e. The molecule has 3 fully saturated rings. The largest absolute Gasteiger partial charge is 0.489 e. The van der Waals surface area contributed by atoms with E-state index in [1.165, 1.54) is 19.3 Å². The van der Waals surface area contributed by atoms with Crippen LogP contribution in [0.4, 0.5) is 0 Å². The van der Waals surface area contributed by atoms with Crippen LogP contribution in [0.5, 0.6) is 5.75 Å². The number of fused-ring (bicyclic) bond motifs is 2. The zero-order valence-electron chi connectivity index (χ0n) is 18.1. The van der Waals surface area contributed by atoms with Crippen molar-refractivity contribution in [3.05, 3.63) is 28.8 Å². The zero-order chi connectivity index (χ0) is 20.6. The molecule has 2 aliphatic heterocycles. The predicted molar refractivity (Wildman–Crippen MR) is 118 cm³/mol. The SMILES string of the molecule is CC(C)(C)CN1CCC(Oc2ccc(C(=O)N3C[C@H]4CCC[C@@H]3C4)cc2Cl)CC1. The molecule has 2 saturated heterocycles. The molecule has 4 nitrogen and oxygen atoms in total. The number of benzene rings is 1. The van der Waals surface area contributed by atoms with Gasteiger partial charge in [-0.15, -0.1) is 0 Å². The van der Waals surface area contributed by atoms with Gasteiger partial charge < -0.3 is 14.5 Å². The highest BCUT2D eigenvalue weighted by Crippen LogP contribution is 2.37. The minimum atomic E-state index is 0.128. The van der Waals surface area contributed by atoms with Gasteiger partial charge in [0.05, 0.1) is 5.02 Å². The van der Waals surface area contributed by atoms with Gasteiger partial charge in [-0.05, 0) is 61.6 Å². The van der Waals surface area contributed by atoms with Gasteiger partial charge in [0.2, 0.25) is 0 Å². The molecule has 2 bridgehead atoms. The van der Waals surface area contributed by atoms with Crippen molar-refractivity contribution < 1.29 is 9.53 Å². The molecule has 0 radical (unpaired) electrons. The number of carbonyl (C=O) groups excluding carboxylic acids is 1. The van der Waals surface area contributed by atoms with Gasteiger partial charge in [-0.2, -0.15) is 0 Å². The van der Waals surface area contributed by atoms with Crippen LogP contribution in [0, 0.1) is 11.3 Å². The minimum absolute atomic E-state index is 0.128. The standard InChI is InChI=1S/C24H35ClN2O2/c1-24(2,3)16-26-11-9-20(10-12-26)29-22-8-7-18(14-21(22)25)23(28)27-15-17-5-4-6-19(27)13-17/h7-8,14,17,19-20H,4-6,9-13,15-16H2,1-3H3/t17-,19+/m0/s1. The molecular weight excluding hydrogens is 384 g/mol. The van der Waals surface area contributed by atoms with Crippen molar-refractivity contribution in [1.82, 2.24) is 9.80 Å². The molecule has 0 aromatic heterocycles. The highest BCUT2D eigenvalue weighted by atomic mass is 35.5. The van der Waals surface area contributed by atoms with Gasteiger partial charge in [0.1, 0.15) is 11.9 Å². The first-order valence-corrected chi connectivity index (χ1v) is 11.7. The molecule has 4 rings (SSSR count). The van der Waals surface area contributed by atoms with Crippen LogP contribution >= 0.6 is 11.6 Å². The molecule has 1 aromatic carbocycles. The summed E-state index contributed by atoms with van der Waals surface area (Å²) in [5.74, 6) is 1.53. The molecule has 0 unspecified atom stereocenters. The Bertz CT molecular complexity index is 737. The molecular formula is C24H35ClN2O2. The lowest BCUT2D eigenvalue weighted by molar-refractivity contribution is 0.0732. The van der Waals surface area contributed by atoms with E-state index in [9.17, 15) is 4.79 Å². The number of likely N-dealkylation sites (tertiary alicyclic amines) is 2. The number of hydrogen-bond donors (Lipinski definition) is 0. The number of ether oxygens (including phenoxy) is 1. The fourth-order valence-electron chi connectivity index (χ4n) is 5.32. The van der Waals surface area contributed by atoms with E-state index < -0.39 is 0 Å². The van der Waals surface area contributed by atoms with E-state index in [4.69, 9.17) is 16.3 Å². The molecule has 0 N–H and O–H groups in total. The maximum absolute atomic E-state index is 13.0. The number of amides is 1. The Morgan fingerprint density at radius 2 is 1.93 bits per heavy atom. The third-order valence-corrected chi connectivity index (χ3v) is 6.91. The molecule has 0 spiro atoms. The van der Waals surface area contributed by atoms with Gasteiger partial charge in [-0.25, -0.2) is 0 Å². The normalized spacial score (nSPS) is 26.0. The second-order valence-electron chi connectivity index (χ2n) is 10.4. The van der Waals surface area contributed by atoms with E-state index in [-0.39, 0.29) is 12.0 Å². The number of piperidine rings is 1. The number of nitrogens with zero attached hydrogens (tertiary/aromatic N) is 2. The van der Waals surface area contributed by atoms with Gasteiger partial charge in [-0.3, -0.25) is 4.79 Å². The van der Waals surface area contributed by atoms with Crippen molar-refractivity contribution in [3.8, 4) is 5.75 Å². The first kappa shape index (κ1) is 21.0. The van der Waals surface area contributed by atoms with Crippen LogP contribution in [0.15, 0.2) is 18.2 Å². The molecule has 2 atom stereocenters. The second kappa shape index (κ2) is 8.47. The topological polar surface area (TPSA) is 32.8 Å². The number of hydrogen-bond acceptors (Lipinski definition) is 3.